The smallest absolute Gasteiger partial charge is 0.131 e. The first kappa shape index (κ1) is 64.0. The topological polar surface area (TPSA) is 105 Å². The maximum absolute atomic E-state index is 9.74. The molecule has 8 aromatic rings. The van der Waals surface area contributed by atoms with E-state index in [4.69, 9.17) is 0 Å². The summed E-state index contributed by atoms with van der Waals surface area (Å²) in [6.07, 6.45) is 36.4. The Hall–Kier alpha value is -5.98. The van der Waals surface area contributed by atoms with Crippen LogP contribution in [-0.4, -0.2) is 9.13 Å². The Kier molecular flexibility index (Phi) is 25.2. The summed E-state index contributed by atoms with van der Waals surface area (Å²) >= 11 is 7.36. The van der Waals surface area contributed by atoms with Gasteiger partial charge in [0.2, 0.25) is 0 Å². The third kappa shape index (κ3) is 15.9. The van der Waals surface area contributed by atoms with Crippen LogP contribution in [0.1, 0.15) is 228 Å². The highest BCUT2D eigenvalue weighted by Gasteiger charge is 2.25. The van der Waals surface area contributed by atoms with Crippen molar-refractivity contribution >= 4 is 90.3 Å². The van der Waals surface area contributed by atoms with Gasteiger partial charge in [0.25, 0.3) is 0 Å². The van der Waals surface area contributed by atoms with Crippen LogP contribution in [0.5, 0.6) is 0 Å². The molecular formula is C74H90N6S4. The molecule has 2 aromatic carbocycles. The van der Waals surface area contributed by atoms with Crippen molar-refractivity contribution in [2.75, 3.05) is 0 Å². The molecule has 0 amide bonds. The fourth-order valence-corrected chi connectivity index (χ4v) is 17.3. The third-order valence-electron chi connectivity index (χ3n) is 16.8. The predicted molar refractivity (Wildman–Crippen MR) is 366 cm³/mol. The average Bonchev–Trinajstić information content (AvgIpc) is 1.86. The first-order valence-corrected chi connectivity index (χ1v) is 35.7. The number of aromatic nitrogens is 2. The maximum Gasteiger partial charge on any atom is 0.131 e. The average molecular weight is 1190 g/mol. The molecule has 0 unspecified atom stereocenters. The molecule has 0 aliphatic rings. The molecule has 6 nitrogen and oxygen atoms in total. The Morgan fingerprint density at radius 2 is 0.690 bits per heavy atom. The van der Waals surface area contributed by atoms with Gasteiger partial charge in [0.1, 0.15) is 35.4 Å². The maximum atomic E-state index is 9.74. The molecule has 6 aromatic heterocycles. The van der Waals surface area contributed by atoms with Crippen LogP contribution >= 0.6 is 45.3 Å². The summed E-state index contributed by atoms with van der Waals surface area (Å²) in [6, 6.07) is 32.8. The monoisotopic (exact) mass is 1190 g/mol. The quantitative estimate of drug-likeness (QED) is 0.0288. The third-order valence-corrected chi connectivity index (χ3v) is 21.9. The number of fused-ring (bicyclic) bond motifs is 5. The van der Waals surface area contributed by atoms with Crippen LogP contribution in [0.15, 0.2) is 71.8 Å². The molecule has 0 saturated carbocycles. The van der Waals surface area contributed by atoms with Crippen molar-refractivity contribution in [2.24, 2.45) is 0 Å². The van der Waals surface area contributed by atoms with Gasteiger partial charge < -0.3 is 9.13 Å². The minimum absolute atomic E-state index is 0.152. The van der Waals surface area contributed by atoms with Crippen molar-refractivity contribution < 1.29 is 0 Å². The molecule has 0 saturated heterocycles. The van der Waals surface area contributed by atoms with Gasteiger partial charge in [0, 0.05) is 62.9 Å². The molecule has 6 heterocycles. The zero-order valence-electron chi connectivity index (χ0n) is 51.5. The normalized spacial score (nSPS) is 11.4. The van der Waals surface area contributed by atoms with Gasteiger partial charge in [-0.1, -0.05) is 181 Å². The van der Waals surface area contributed by atoms with E-state index in [0.717, 1.165) is 87.1 Å². The van der Waals surface area contributed by atoms with Crippen LogP contribution in [-0.2, 0) is 38.8 Å². The number of aryl methyl sites for hydroxylation is 6. The Bertz CT molecular complexity index is 3400. The van der Waals surface area contributed by atoms with Gasteiger partial charge in [-0.2, -0.15) is 21.0 Å². The number of hydrogen-bond acceptors (Lipinski definition) is 8. The van der Waals surface area contributed by atoms with Crippen molar-refractivity contribution in [3.05, 3.63) is 104 Å². The Balaban J connectivity index is 1.30. The van der Waals surface area contributed by atoms with E-state index in [2.05, 4.69) is 136 Å². The molecule has 0 aliphatic heterocycles. The summed E-state index contributed by atoms with van der Waals surface area (Å²) in [5, 5.41) is 41.6. The van der Waals surface area contributed by atoms with Crippen LogP contribution < -0.4 is 0 Å². The van der Waals surface area contributed by atoms with Gasteiger partial charge in [0.05, 0.1) is 22.1 Å². The SMILES string of the molecule is CCCCCCc1cc(-c2sc(C=C(C#N)C#N)cc2CCCCCC)sc1-c1ccc2c(c1)n(CCCCCC)c1c3ccc(-c4sc(-c5sc(C=C(C#N)C#N)cc5CCCCCC)cc4CCCCCC)cc3n(CCCCCC)c21. The number of hydrogen-bond donors (Lipinski definition) is 0. The van der Waals surface area contributed by atoms with Crippen molar-refractivity contribution in [1.29, 1.82) is 21.0 Å². The van der Waals surface area contributed by atoms with Crippen molar-refractivity contribution in [1.82, 2.24) is 9.13 Å². The largest absolute Gasteiger partial charge is 0.339 e. The number of unbranched alkanes of at least 4 members (excludes halogenated alkanes) is 18. The molecule has 10 heteroatoms. The molecule has 0 bridgehead atoms. The number of rotatable bonds is 36. The fourth-order valence-electron chi connectivity index (χ4n) is 12.3. The van der Waals surface area contributed by atoms with Gasteiger partial charge >= 0.3 is 0 Å². The summed E-state index contributed by atoms with van der Waals surface area (Å²) in [4.78, 5) is 9.89. The molecule has 0 spiro atoms. The highest BCUT2D eigenvalue weighted by atomic mass is 32.1. The van der Waals surface area contributed by atoms with Crippen molar-refractivity contribution in [2.45, 2.75) is 234 Å². The lowest BCUT2D eigenvalue weighted by atomic mass is 10.0. The number of thiophene rings is 4. The first-order valence-electron chi connectivity index (χ1n) is 32.4. The van der Waals surface area contributed by atoms with Crippen molar-refractivity contribution in [3.8, 4) is 64.7 Å². The van der Waals surface area contributed by atoms with Crippen molar-refractivity contribution in [3.63, 3.8) is 0 Å². The summed E-state index contributed by atoms with van der Waals surface area (Å²) in [7, 11) is 0. The van der Waals surface area contributed by atoms with E-state index in [1.165, 1.54) is 211 Å². The molecule has 0 aliphatic carbocycles. The molecule has 0 atom stereocenters. The number of benzene rings is 2. The van der Waals surface area contributed by atoms with Gasteiger partial charge in [-0.3, -0.25) is 0 Å². The Morgan fingerprint density at radius 1 is 0.369 bits per heavy atom. The van der Waals surface area contributed by atoms with E-state index in [-0.39, 0.29) is 11.1 Å². The van der Waals surface area contributed by atoms with E-state index in [1.807, 2.05) is 22.7 Å². The minimum Gasteiger partial charge on any atom is -0.339 e. The lowest BCUT2D eigenvalue weighted by Crippen LogP contribution is -1.98. The number of nitriles is 4. The molecule has 0 fully saturated rings. The summed E-state index contributed by atoms with van der Waals surface area (Å²) in [5.41, 5.74) is 13.8. The van der Waals surface area contributed by atoms with Crippen LogP contribution in [0.4, 0.5) is 0 Å². The van der Waals surface area contributed by atoms with Crippen LogP contribution in [0.25, 0.3) is 85.4 Å². The first-order chi connectivity index (χ1) is 41.3. The second-order valence-corrected chi connectivity index (χ2v) is 27.6. The van der Waals surface area contributed by atoms with E-state index >= 15 is 0 Å². The Labute approximate surface area is 519 Å². The van der Waals surface area contributed by atoms with Crippen LogP contribution in [0, 0.1) is 45.3 Å². The second-order valence-electron chi connectivity index (χ2n) is 23.3. The predicted octanol–water partition coefficient (Wildman–Crippen LogP) is 24.2. The molecule has 440 valence electrons. The zero-order chi connectivity index (χ0) is 59.2. The van der Waals surface area contributed by atoms with E-state index < -0.39 is 0 Å². The summed E-state index contributed by atoms with van der Waals surface area (Å²) < 4.78 is 5.44. The standard InChI is InChI=1S/C74H90N6S4/c1-7-13-19-25-31-55-43-61(41-53(49-75)50-76)81-73(55)67-47-57(33-27-21-15-9-3)71(83-67)59-35-37-63-65(45-59)79(39-29-23-17-11-5)70-64-38-36-60(46-66(64)80(69(63)70)40-30-24-18-12-6)72-58(34-28-22-16-10-4)48-68(84-72)74-56(32-26-20-14-8-2)44-62(82-74)42-54(51-77)52-78/h35-38,41-48H,7-34,39-40H2,1-6H3. The fraction of sp³-hybridized carbons (Fsp3) is 0.486. The van der Waals surface area contributed by atoms with Gasteiger partial charge in [-0.05, 0) is 146 Å². The zero-order valence-corrected chi connectivity index (χ0v) is 54.7. The van der Waals surface area contributed by atoms with E-state index in [0.29, 0.717) is 0 Å². The number of nitrogens with zero attached hydrogens (tertiary/aromatic N) is 6. The van der Waals surface area contributed by atoms with Gasteiger partial charge in [-0.25, -0.2) is 0 Å². The van der Waals surface area contributed by atoms with Crippen LogP contribution in [0.2, 0.25) is 0 Å². The van der Waals surface area contributed by atoms with Crippen LogP contribution in [0.3, 0.4) is 0 Å². The molecule has 8 rings (SSSR count). The Morgan fingerprint density at radius 3 is 1.01 bits per heavy atom. The lowest BCUT2D eigenvalue weighted by molar-refractivity contribution is 0.600. The van der Waals surface area contributed by atoms with Gasteiger partial charge in [0.15, 0.2) is 0 Å². The molecule has 84 heavy (non-hydrogen) atoms. The van der Waals surface area contributed by atoms with Gasteiger partial charge in [-0.15, -0.1) is 45.3 Å². The second kappa shape index (κ2) is 33.1. The molecule has 0 N–H and O–H groups in total. The lowest BCUT2D eigenvalue weighted by Gasteiger charge is -2.12. The highest BCUT2D eigenvalue weighted by Crippen LogP contribution is 2.49. The number of allylic oxidation sites excluding steroid dienone is 2. The highest BCUT2D eigenvalue weighted by molar-refractivity contribution is 7.25. The minimum atomic E-state index is 0.152. The summed E-state index contributed by atoms with van der Waals surface area (Å²) in [6.45, 7) is 15.7. The summed E-state index contributed by atoms with van der Waals surface area (Å²) in [5.74, 6) is 0. The van der Waals surface area contributed by atoms with E-state index in [9.17, 15) is 21.0 Å². The van der Waals surface area contributed by atoms with E-state index in [1.54, 1.807) is 34.8 Å². The molecular weight excluding hydrogens is 1100 g/mol. The molecule has 0 radical (unpaired) electrons.